The molecule has 2 aromatic rings. The summed E-state index contributed by atoms with van der Waals surface area (Å²) < 4.78 is 0. The SMILES string of the molecule is C[C@H]([NH2+][C@H]1CCCc2ccccc21)C(=O)Nc1ccccc1C#N. The molecule has 0 heterocycles. The zero-order chi connectivity index (χ0) is 16.9. The average Bonchev–Trinajstić information content (AvgIpc) is 2.62. The fraction of sp³-hybridized carbons (Fsp3) is 0.300. The van der Waals surface area contributed by atoms with Crippen LogP contribution in [0.25, 0.3) is 0 Å². The number of para-hydroxylation sites is 1. The minimum absolute atomic E-state index is 0.0687. The summed E-state index contributed by atoms with van der Waals surface area (Å²) in [6, 6.07) is 17.8. The van der Waals surface area contributed by atoms with Gasteiger partial charge in [-0.05, 0) is 37.5 Å². The van der Waals surface area contributed by atoms with Crippen molar-refractivity contribution in [3.63, 3.8) is 0 Å². The molecule has 0 fully saturated rings. The van der Waals surface area contributed by atoms with Crippen molar-refractivity contribution in [3.8, 4) is 6.07 Å². The molecule has 1 amide bonds. The third-order valence-electron chi connectivity index (χ3n) is 4.66. The molecule has 0 spiro atoms. The van der Waals surface area contributed by atoms with Crippen LogP contribution >= 0.6 is 0 Å². The number of nitriles is 1. The predicted molar refractivity (Wildman–Crippen MR) is 93.3 cm³/mol. The molecular weight excluding hydrogens is 298 g/mol. The number of benzene rings is 2. The molecule has 0 saturated heterocycles. The molecule has 3 N–H and O–H groups in total. The number of carbonyl (C=O) groups excluding carboxylic acids is 1. The van der Waals surface area contributed by atoms with Crippen LogP contribution in [-0.4, -0.2) is 11.9 Å². The number of nitrogens with one attached hydrogen (secondary N) is 1. The number of amides is 1. The number of anilines is 1. The number of nitrogens with zero attached hydrogens (tertiary/aromatic N) is 1. The van der Waals surface area contributed by atoms with Gasteiger partial charge in [-0.25, -0.2) is 0 Å². The third-order valence-corrected chi connectivity index (χ3v) is 4.66. The maximum Gasteiger partial charge on any atom is 0.282 e. The molecule has 0 unspecified atom stereocenters. The van der Waals surface area contributed by atoms with Crippen molar-refractivity contribution in [1.29, 1.82) is 5.26 Å². The highest BCUT2D eigenvalue weighted by molar-refractivity contribution is 5.94. The molecule has 0 radical (unpaired) electrons. The Morgan fingerprint density at radius 1 is 1.25 bits per heavy atom. The lowest BCUT2D eigenvalue weighted by molar-refractivity contribution is -0.714. The van der Waals surface area contributed by atoms with Crippen LogP contribution < -0.4 is 10.6 Å². The van der Waals surface area contributed by atoms with Crippen molar-refractivity contribution in [2.45, 2.75) is 38.3 Å². The van der Waals surface area contributed by atoms with Gasteiger partial charge in [0.2, 0.25) is 0 Å². The highest BCUT2D eigenvalue weighted by Crippen LogP contribution is 2.26. The molecule has 0 saturated carbocycles. The Bertz CT molecular complexity index is 778. The van der Waals surface area contributed by atoms with Gasteiger partial charge in [0.05, 0.1) is 11.3 Å². The van der Waals surface area contributed by atoms with E-state index in [1.54, 1.807) is 18.2 Å². The third kappa shape index (κ3) is 3.47. The van der Waals surface area contributed by atoms with Crippen molar-refractivity contribution in [1.82, 2.24) is 0 Å². The smallest absolute Gasteiger partial charge is 0.282 e. The van der Waals surface area contributed by atoms with Crippen LogP contribution in [-0.2, 0) is 11.2 Å². The van der Waals surface area contributed by atoms with Gasteiger partial charge in [-0.15, -0.1) is 0 Å². The van der Waals surface area contributed by atoms with Crippen molar-refractivity contribution in [3.05, 3.63) is 65.2 Å². The molecule has 2 atom stereocenters. The highest BCUT2D eigenvalue weighted by Gasteiger charge is 2.27. The first kappa shape index (κ1) is 16.2. The van der Waals surface area contributed by atoms with Crippen LogP contribution in [0.2, 0.25) is 0 Å². The van der Waals surface area contributed by atoms with Crippen molar-refractivity contribution in [2.75, 3.05) is 5.32 Å². The summed E-state index contributed by atoms with van der Waals surface area (Å²) in [6.07, 6.45) is 3.36. The second kappa shape index (κ2) is 7.29. The summed E-state index contributed by atoms with van der Waals surface area (Å²) >= 11 is 0. The van der Waals surface area contributed by atoms with Gasteiger partial charge >= 0.3 is 0 Å². The van der Waals surface area contributed by atoms with Gasteiger partial charge in [-0.3, -0.25) is 4.79 Å². The standard InChI is InChI=1S/C20H21N3O/c1-14(20(24)23-18-11-5-3-8-16(18)13-21)22-19-12-6-9-15-7-2-4-10-17(15)19/h2-5,7-8,10-11,14,19,22H,6,9,12H2,1H3,(H,23,24)/p+1/t14-,19-/m0/s1. The number of fused-ring (bicyclic) bond motifs is 1. The van der Waals surface area contributed by atoms with Crippen molar-refractivity contribution >= 4 is 11.6 Å². The van der Waals surface area contributed by atoms with Crippen LogP contribution in [0.1, 0.15) is 42.5 Å². The molecule has 1 aliphatic carbocycles. The monoisotopic (exact) mass is 320 g/mol. The maximum absolute atomic E-state index is 12.5. The van der Waals surface area contributed by atoms with E-state index in [2.05, 4.69) is 41.0 Å². The Morgan fingerprint density at radius 2 is 2.00 bits per heavy atom. The van der Waals surface area contributed by atoms with E-state index in [1.165, 1.54) is 11.1 Å². The number of hydrogen-bond donors (Lipinski definition) is 2. The van der Waals surface area contributed by atoms with Gasteiger partial charge < -0.3 is 10.6 Å². The Balaban J connectivity index is 1.68. The van der Waals surface area contributed by atoms with Crippen LogP contribution in [0.15, 0.2) is 48.5 Å². The average molecular weight is 320 g/mol. The fourth-order valence-corrected chi connectivity index (χ4v) is 3.36. The largest absolute Gasteiger partial charge is 0.330 e. The minimum Gasteiger partial charge on any atom is -0.330 e. The topological polar surface area (TPSA) is 69.5 Å². The lowest BCUT2D eigenvalue weighted by Gasteiger charge is -2.26. The molecular formula is C20H22N3O+. The summed E-state index contributed by atoms with van der Waals surface area (Å²) in [4.78, 5) is 12.5. The molecule has 3 rings (SSSR count). The lowest BCUT2D eigenvalue weighted by Crippen LogP contribution is -2.92. The first-order valence-electron chi connectivity index (χ1n) is 8.42. The zero-order valence-electron chi connectivity index (χ0n) is 13.8. The van der Waals surface area contributed by atoms with Crippen LogP contribution in [0.3, 0.4) is 0 Å². The van der Waals surface area contributed by atoms with E-state index in [0.717, 1.165) is 19.3 Å². The molecule has 2 aromatic carbocycles. The Hall–Kier alpha value is -2.64. The zero-order valence-corrected chi connectivity index (χ0v) is 13.8. The molecule has 0 bridgehead atoms. The fourth-order valence-electron chi connectivity index (χ4n) is 3.36. The molecule has 0 aromatic heterocycles. The molecule has 1 aliphatic rings. The normalized spacial score (nSPS) is 17.4. The summed E-state index contributed by atoms with van der Waals surface area (Å²) in [6.45, 7) is 1.92. The molecule has 122 valence electrons. The van der Waals surface area contributed by atoms with E-state index < -0.39 is 0 Å². The number of carbonyl (C=O) groups is 1. The Labute approximate surface area is 142 Å². The van der Waals surface area contributed by atoms with Crippen LogP contribution in [0.5, 0.6) is 0 Å². The van der Waals surface area contributed by atoms with Gasteiger partial charge in [0.1, 0.15) is 12.1 Å². The first-order valence-corrected chi connectivity index (χ1v) is 8.42. The summed E-state index contributed by atoms with van der Waals surface area (Å²) in [5.74, 6) is -0.0687. The summed E-state index contributed by atoms with van der Waals surface area (Å²) in [5.41, 5.74) is 3.81. The molecule has 4 nitrogen and oxygen atoms in total. The van der Waals surface area contributed by atoms with Gasteiger partial charge in [0.15, 0.2) is 6.04 Å². The van der Waals surface area contributed by atoms with E-state index >= 15 is 0 Å². The van der Waals surface area contributed by atoms with Gasteiger partial charge in [0, 0.05) is 12.0 Å². The number of nitrogens with two attached hydrogens (primary N) is 1. The first-order chi connectivity index (χ1) is 11.7. The van der Waals surface area contributed by atoms with E-state index in [9.17, 15) is 4.79 Å². The van der Waals surface area contributed by atoms with Crippen LogP contribution in [0, 0.1) is 11.3 Å². The second-order valence-electron chi connectivity index (χ2n) is 6.33. The molecule has 0 aliphatic heterocycles. The Morgan fingerprint density at radius 3 is 2.83 bits per heavy atom. The number of rotatable bonds is 4. The van der Waals surface area contributed by atoms with E-state index in [-0.39, 0.29) is 11.9 Å². The minimum atomic E-state index is -0.215. The maximum atomic E-state index is 12.5. The van der Waals surface area contributed by atoms with E-state index in [1.807, 2.05) is 13.0 Å². The van der Waals surface area contributed by atoms with Gasteiger partial charge in [-0.2, -0.15) is 5.26 Å². The lowest BCUT2D eigenvalue weighted by atomic mass is 9.87. The van der Waals surface area contributed by atoms with Crippen molar-refractivity contribution < 1.29 is 10.1 Å². The summed E-state index contributed by atoms with van der Waals surface area (Å²) in [5, 5.41) is 14.2. The highest BCUT2D eigenvalue weighted by atomic mass is 16.2. The van der Waals surface area contributed by atoms with E-state index in [0.29, 0.717) is 17.3 Å². The van der Waals surface area contributed by atoms with E-state index in [4.69, 9.17) is 5.26 Å². The van der Waals surface area contributed by atoms with Gasteiger partial charge in [-0.1, -0.05) is 36.4 Å². The molecule has 24 heavy (non-hydrogen) atoms. The number of quaternary nitrogens is 1. The van der Waals surface area contributed by atoms with Crippen molar-refractivity contribution in [2.24, 2.45) is 0 Å². The summed E-state index contributed by atoms with van der Waals surface area (Å²) in [7, 11) is 0. The van der Waals surface area contributed by atoms with Gasteiger partial charge in [0.25, 0.3) is 5.91 Å². The number of aryl methyl sites for hydroxylation is 1. The second-order valence-corrected chi connectivity index (χ2v) is 6.33. The quantitative estimate of drug-likeness (QED) is 0.909. The molecule has 4 heteroatoms. The number of hydrogen-bond acceptors (Lipinski definition) is 2. The van der Waals surface area contributed by atoms with Crippen LogP contribution in [0.4, 0.5) is 5.69 Å². The Kier molecular flexibility index (Phi) is 4.93. The predicted octanol–water partition coefficient (Wildman–Crippen LogP) is 2.53.